The maximum Gasteiger partial charge on any atom is 0.407 e. The fourth-order valence-electron chi connectivity index (χ4n) is 2.87. The molecule has 26 heavy (non-hydrogen) atoms. The van der Waals surface area contributed by atoms with E-state index >= 15 is 0 Å². The lowest BCUT2D eigenvalue weighted by atomic mass is 9.94. The van der Waals surface area contributed by atoms with E-state index in [1.54, 1.807) is 13.2 Å². The average Bonchev–Trinajstić information content (AvgIpc) is 2.92. The van der Waals surface area contributed by atoms with Crippen LogP contribution in [-0.4, -0.2) is 44.5 Å². The molecule has 1 heterocycles. The van der Waals surface area contributed by atoms with Gasteiger partial charge in [0, 0.05) is 25.8 Å². The highest BCUT2D eigenvalue weighted by Crippen LogP contribution is 2.29. The van der Waals surface area contributed by atoms with Gasteiger partial charge in [0.05, 0.1) is 18.2 Å². The number of amides is 1. The van der Waals surface area contributed by atoms with Gasteiger partial charge < -0.3 is 24.8 Å². The SMILES string of the molecule is COCCNC(CNC(=O)OC(C)(C)C)c1ccc2c(c1C)COC2=O. The third kappa shape index (κ3) is 5.19. The topological polar surface area (TPSA) is 85.9 Å². The van der Waals surface area contributed by atoms with Gasteiger partial charge in [0.2, 0.25) is 0 Å². The number of hydrogen-bond donors (Lipinski definition) is 2. The minimum absolute atomic E-state index is 0.140. The normalized spacial score (nSPS) is 14.6. The van der Waals surface area contributed by atoms with Gasteiger partial charge in [-0.05, 0) is 44.9 Å². The van der Waals surface area contributed by atoms with Crippen LogP contribution in [-0.2, 0) is 20.8 Å². The number of cyclic esters (lactones) is 1. The number of ether oxygens (including phenoxy) is 3. The van der Waals surface area contributed by atoms with Crippen LogP contribution in [0.5, 0.6) is 0 Å². The third-order valence-corrected chi connectivity index (χ3v) is 4.13. The van der Waals surface area contributed by atoms with Crippen LogP contribution in [0, 0.1) is 6.92 Å². The van der Waals surface area contributed by atoms with E-state index in [4.69, 9.17) is 14.2 Å². The molecule has 0 saturated carbocycles. The molecule has 2 rings (SSSR count). The monoisotopic (exact) mass is 364 g/mol. The number of rotatable bonds is 7. The summed E-state index contributed by atoms with van der Waals surface area (Å²) in [5.74, 6) is -0.287. The first kappa shape index (κ1) is 20.2. The number of methoxy groups -OCH3 is 1. The standard InChI is InChI=1S/C19H28N2O5/c1-12-13(6-7-14-15(12)11-25-17(14)22)16(20-8-9-24-5)10-21-18(23)26-19(2,3)4/h6-7,16,20H,8-11H2,1-5H3,(H,21,23). The molecule has 1 aliphatic heterocycles. The minimum atomic E-state index is -0.551. The first-order valence-corrected chi connectivity index (χ1v) is 8.71. The molecule has 1 aliphatic rings. The number of hydrogen-bond acceptors (Lipinski definition) is 6. The Hall–Kier alpha value is -2.12. The Bertz CT molecular complexity index is 667. The molecule has 144 valence electrons. The molecule has 7 nitrogen and oxygen atoms in total. The van der Waals surface area contributed by atoms with Gasteiger partial charge in [-0.1, -0.05) is 6.07 Å². The zero-order chi connectivity index (χ0) is 19.3. The summed E-state index contributed by atoms with van der Waals surface area (Å²) in [6.07, 6.45) is -0.464. The summed E-state index contributed by atoms with van der Waals surface area (Å²) >= 11 is 0. The Balaban J connectivity index is 2.14. The van der Waals surface area contributed by atoms with Gasteiger partial charge >= 0.3 is 12.1 Å². The van der Waals surface area contributed by atoms with Crippen molar-refractivity contribution in [1.29, 1.82) is 0 Å². The zero-order valence-electron chi connectivity index (χ0n) is 16.1. The van der Waals surface area contributed by atoms with Gasteiger partial charge in [0.25, 0.3) is 0 Å². The number of esters is 1. The molecule has 0 aromatic heterocycles. The summed E-state index contributed by atoms with van der Waals surface area (Å²) in [4.78, 5) is 23.7. The van der Waals surface area contributed by atoms with Crippen LogP contribution in [0.4, 0.5) is 4.79 Å². The smallest absolute Gasteiger partial charge is 0.407 e. The van der Waals surface area contributed by atoms with Crippen LogP contribution < -0.4 is 10.6 Å². The second kappa shape index (κ2) is 8.51. The van der Waals surface area contributed by atoms with Gasteiger partial charge in [0.1, 0.15) is 12.2 Å². The molecule has 1 aromatic rings. The molecule has 1 amide bonds. The van der Waals surface area contributed by atoms with Crippen LogP contribution in [0.2, 0.25) is 0 Å². The summed E-state index contributed by atoms with van der Waals surface area (Å²) in [5, 5.41) is 6.18. The predicted molar refractivity (Wildman–Crippen MR) is 97.2 cm³/mol. The van der Waals surface area contributed by atoms with E-state index in [1.165, 1.54) is 0 Å². The van der Waals surface area contributed by atoms with E-state index in [2.05, 4.69) is 10.6 Å². The van der Waals surface area contributed by atoms with E-state index < -0.39 is 11.7 Å². The van der Waals surface area contributed by atoms with Crippen LogP contribution in [0.3, 0.4) is 0 Å². The van der Waals surface area contributed by atoms with Crippen molar-refractivity contribution in [3.8, 4) is 0 Å². The highest BCUT2D eigenvalue weighted by Gasteiger charge is 2.26. The highest BCUT2D eigenvalue weighted by molar-refractivity contribution is 5.94. The van der Waals surface area contributed by atoms with E-state index in [9.17, 15) is 9.59 Å². The molecular formula is C19H28N2O5. The number of nitrogens with one attached hydrogen (secondary N) is 2. The lowest BCUT2D eigenvalue weighted by Gasteiger charge is -2.24. The van der Waals surface area contributed by atoms with Gasteiger partial charge in [-0.2, -0.15) is 0 Å². The van der Waals surface area contributed by atoms with Crippen molar-refractivity contribution < 1.29 is 23.8 Å². The summed E-state index contributed by atoms with van der Waals surface area (Å²) < 4.78 is 15.5. The average molecular weight is 364 g/mol. The molecule has 0 radical (unpaired) electrons. The zero-order valence-corrected chi connectivity index (χ0v) is 16.1. The Morgan fingerprint density at radius 1 is 1.35 bits per heavy atom. The summed E-state index contributed by atoms with van der Waals surface area (Å²) in [5.41, 5.74) is 2.97. The summed E-state index contributed by atoms with van der Waals surface area (Å²) in [7, 11) is 1.64. The Morgan fingerprint density at radius 2 is 2.08 bits per heavy atom. The fraction of sp³-hybridized carbons (Fsp3) is 0.579. The van der Waals surface area contributed by atoms with E-state index in [1.807, 2.05) is 33.8 Å². The Kier molecular flexibility index (Phi) is 6.61. The number of carbonyl (C=O) groups is 2. The second-order valence-corrected chi connectivity index (χ2v) is 7.26. The van der Waals surface area contributed by atoms with E-state index in [-0.39, 0.29) is 18.6 Å². The van der Waals surface area contributed by atoms with Crippen molar-refractivity contribution in [3.63, 3.8) is 0 Å². The first-order valence-electron chi connectivity index (χ1n) is 8.71. The summed E-state index contributed by atoms with van der Waals surface area (Å²) in [6, 6.07) is 3.55. The molecule has 0 aliphatic carbocycles. The largest absolute Gasteiger partial charge is 0.457 e. The van der Waals surface area contributed by atoms with Gasteiger partial charge in [-0.25, -0.2) is 9.59 Å². The van der Waals surface area contributed by atoms with Crippen LogP contribution in [0.15, 0.2) is 12.1 Å². The van der Waals surface area contributed by atoms with Gasteiger partial charge in [0.15, 0.2) is 0 Å². The van der Waals surface area contributed by atoms with Gasteiger partial charge in [-0.15, -0.1) is 0 Å². The van der Waals surface area contributed by atoms with Crippen LogP contribution in [0.25, 0.3) is 0 Å². The van der Waals surface area contributed by atoms with Crippen molar-refractivity contribution in [2.24, 2.45) is 0 Å². The van der Waals surface area contributed by atoms with Gasteiger partial charge in [-0.3, -0.25) is 0 Å². The fourth-order valence-corrected chi connectivity index (χ4v) is 2.87. The minimum Gasteiger partial charge on any atom is -0.457 e. The third-order valence-electron chi connectivity index (χ3n) is 4.13. The van der Waals surface area contributed by atoms with Crippen LogP contribution >= 0.6 is 0 Å². The second-order valence-electron chi connectivity index (χ2n) is 7.26. The van der Waals surface area contributed by atoms with Crippen LogP contribution in [0.1, 0.15) is 53.9 Å². The maximum absolute atomic E-state index is 12.0. The lowest BCUT2D eigenvalue weighted by Crippen LogP contribution is -2.39. The molecule has 0 spiro atoms. The van der Waals surface area contributed by atoms with Crippen molar-refractivity contribution in [3.05, 3.63) is 34.4 Å². The Labute approximate surface area is 154 Å². The lowest BCUT2D eigenvalue weighted by molar-refractivity contribution is 0.0515. The number of fused-ring (bicyclic) bond motifs is 1. The van der Waals surface area contributed by atoms with Crippen molar-refractivity contribution >= 4 is 12.1 Å². The molecule has 1 atom stereocenters. The molecule has 0 bridgehead atoms. The van der Waals surface area contributed by atoms with Crippen molar-refractivity contribution in [2.45, 2.75) is 45.9 Å². The molecular weight excluding hydrogens is 336 g/mol. The molecule has 0 fully saturated rings. The maximum atomic E-state index is 12.0. The molecule has 1 unspecified atom stereocenters. The van der Waals surface area contributed by atoms with E-state index in [0.29, 0.717) is 25.3 Å². The van der Waals surface area contributed by atoms with Crippen molar-refractivity contribution in [1.82, 2.24) is 10.6 Å². The predicted octanol–water partition coefficient (Wildman–Crippen LogP) is 2.47. The van der Waals surface area contributed by atoms with Crippen molar-refractivity contribution in [2.75, 3.05) is 26.8 Å². The molecule has 1 aromatic carbocycles. The molecule has 0 saturated heterocycles. The summed E-state index contributed by atoms with van der Waals surface area (Å²) in [6.45, 7) is 9.26. The number of benzene rings is 1. The highest BCUT2D eigenvalue weighted by atomic mass is 16.6. The Morgan fingerprint density at radius 3 is 2.73 bits per heavy atom. The first-order chi connectivity index (χ1) is 12.2. The molecule has 7 heteroatoms. The number of carbonyl (C=O) groups excluding carboxylic acids is 2. The number of alkyl carbamates (subject to hydrolysis) is 1. The van der Waals surface area contributed by atoms with E-state index in [0.717, 1.165) is 16.7 Å². The quantitative estimate of drug-likeness (QED) is 0.571. The molecule has 2 N–H and O–H groups in total.